The fourth-order valence-corrected chi connectivity index (χ4v) is 2.78. The first-order valence-corrected chi connectivity index (χ1v) is 8.30. The van der Waals surface area contributed by atoms with Crippen LogP contribution in [0.4, 0.5) is 10.5 Å². The van der Waals surface area contributed by atoms with Crippen LogP contribution in [-0.2, 0) is 4.79 Å². The van der Waals surface area contributed by atoms with Crippen LogP contribution >= 0.6 is 0 Å². The van der Waals surface area contributed by atoms with Gasteiger partial charge in [-0.15, -0.1) is 0 Å². The van der Waals surface area contributed by atoms with E-state index in [9.17, 15) is 9.59 Å². The standard InChI is InChI=1S/C17H26N4O3/c1-24-15-7-5-14(6-8-15)20-10-12-21(13-11-20)16(22)4-2-3-9-19-17(18)23/h5-8H,2-4,9-13H2,1H3,(H3,18,19,23). The lowest BCUT2D eigenvalue weighted by Crippen LogP contribution is -2.48. The van der Waals surface area contributed by atoms with E-state index in [2.05, 4.69) is 10.2 Å². The minimum Gasteiger partial charge on any atom is -0.497 e. The zero-order chi connectivity index (χ0) is 17.4. The Morgan fingerprint density at radius 2 is 1.79 bits per heavy atom. The summed E-state index contributed by atoms with van der Waals surface area (Å²) in [7, 11) is 1.66. The number of benzene rings is 1. The Labute approximate surface area is 142 Å². The molecule has 2 rings (SSSR count). The minimum absolute atomic E-state index is 0.184. The fraction of sp³-hybridized carbons (Fsp3) is 0.529. The van der Waals surface area contributed by atoms with Crippen LogP contribution in [0.2, 0.25) is 0 Å². The van der Waals surface area contributed by atoms with E-state index in [1.54, 1.807) is 7.11 Å². The molecule has 0 aliphatic carbocycles. The summed E-state index contributed by atoms with van der Waals surface area (Å²) in [6, 6.07) is 7.47. The van der Waals surface area contributed by atoms with Gasteiger partial charge in [-0.3, -0.25) is 4.79 Å². The number of hydrogen-bond acceptors (Lipinski definition) is 4. The molecular weight excluding hydrogens is 308 g/mol. The normalized spacial score (nSPS) is 14.4. The first kappa shape index (κ1) is 17.9. The van der Waals surface area contributed by atoms with Crippen molar-refractivity contribution in [3.63, 3.8) is 0 Å². The second-order valence-electron chi connectivity index (χ2n) is 5.81. The predicted octanol–water partition coefficient (Wildman–Crippen LogP) is 1.18. The van der Waals surface area contributed by atoms with E-state index in [-0.39, 0.29) is 5.91 Å². The molecule has 1 aliphatic heterocycles. The number of carbonyl (C=O) groups excluding carboxylic acids is 2. The zero-order valence-corrected chi connectivity index (χ0v) is 14.2. The number of amides is 3. The highest BCUT2D eigenvalue weighted by molar-refractivity contribution is 5.76. The van der Waals surface area contributed by atoms with Gasteiger partial charge >= 0.3 is 6.03 Å². The lowest BCUT2D eigenvalue weighted by atomic mass is 10.2. The third kappa shape index (κ3) is 5.33. The molecule has 3 amide bonds. The van der Waals surface area contributed by atoms with Gasteiger partial charge in [-0.05, 0) is 37.1 Å². The van der Waals surface area contributed by atoms with Gasteiger partial charge in [0.25, 0.3) is 0 Å². The van der Waals surface area contributed by atoms with Crippen LogP contribution in [0.25, 0.3) is 0 Å². The molecule has 1 heterocycles. The number of urea groups is 1. The molecule has 0 aromatic heterocycles. The fourth-order valence-electron chi connectivity index (χ4n) is 2.78. The molecule has 24 heavy (non-hydrogen) atoms. The molecule has 1 fully saturated rings. The number of piperazine rings is 1. The Kier molecular flexibility index (Phi) is 6.72. The highest BCUT2D eigenvalue weighted by atomic mass is 16.5. The van der Waals surface area contributed by atoms with Crippen molar-refractivity contribution in [2.75, 3.05) is 44.7 Å². The van der Waals surface area contributed by atoms with E-state index in [1.807, 2.05) is 29.2 Å². The second kappa shape index (κ2) is 9.00. The molecule has 0 radical (unpaired) electrons. The number of nitrogens with one attached hydrogen (secondary N) is 1. The second-order valence-corrected chi connectivity index (χ2v) is 5.81. The van der Waals surface area contributed by atoms with Crippen molar-refractivity contribution in [2.24, 2.45) is 5.73 Å². The molecule has 7 nitrogen and oxygen atoms in total. The largest absolute Gasteiger partial charge is 0.497 e. The average Bonchev–Trinajstić information content (AvgIpc) is 2.61. The SMILES string of the molecule is COc1ccc(N2CCN(C(=O)CCCCNC(N)=O)CC2)cc1. The van der Waals surface area contributed by atoms with Crippen LogP contribution in [-0.4, -0.2) is 56.7 Å². The molecule has 0 spiro atoms. The van der Waals surface area contributed by atoms with Gasteiger partial charge in [-0.1, -0.05) is 0 Å². The Balaban J connectivity index is 1.69. The van der Waals surface area contributed by atoms with Gasteiger partial charge in [-0.25, -0.2) is 4.79 Å². The maximum atomic E-state index is 12.2. The van der Waals surface area contributed by atoms with Crippen LogP contribution < -0.4 is 20.7 Å². The van der Waals surface area contributed by atoms with Crippen LogP contribution in [0, 0.1) is 0 Å². The third-order valence-corrected chi connectivity index (χ3v) is 4.19. The number of methoxy groups -OCH3 is 1. The van der Waals surface area contributed by atoms with Gasteiger partial charge in [0.1, 0.15) is 5.75 Å². The number of nitrogens with zero attached hydrogens (tertiary/aromatic N) is 2. The van der Waals surface area contributed by atoms with E-state index in [1.165, 1.54) is 0 Å². The zero-order valence-electron chi connectivity index (χ0n) is 14.2. The van der Waals surface area contributed by atoms with Crippen LogP contribution in [0.5, 0.6) is 5.75 Å². The lowest BCUT2D eigenvalue weighted by Gasteiger charge is -2.36. The number of unbranched alkanes of at least 4 members (excludes halogenated alkanes) is 1. The molecule has 0 saturated carbocycles. The van der Waals surface area contributed by atoms with E-state index in [0.29, 0.717) is 13.0 Å². The highest BCUT2D eigenvalue weighted by Crippen LogP contribution is 2.20. The first-order chi connectivity index (χ1) is 11.6. The Bertz CT molecular complexity index is 539. The first-order valence-electron chi connectivity index (χ1n) is 8.30. The molecule has 1 aromatic carbocycles. The molecule has 132 valence electrons. The van der Waals surface area contributed by atoms with Crippen molar-refractivity contribution in [3.8, 4) is 5.75 Å². The van der Waals surface area contributed by atoms with E-state index >= 15 is 0 Å². The summed E-state index contributed by atoms with van der Waals surface area (Å²) in [5.74, 6) is 1.03. The van der Waals surface area contributed by atoms with E-state index in [4.69, 9.17) is 10.5 Å². The molecular formula is C17H26N4O3. The number of nitrogens with two attached hydrogens (primary N) is 1. The van der Waals surface area contributed by atoms with E-state index < -0.39 is 6.03 Å². The summed E-state index contributed by atoms with van der Waals surface area (Å²) in [6.07, 6.45) is 2.04. The summed E-state index contributed by atoms with van der Waals surface area (Å²) < 4.78 is 5.17. The molecule has 0 atom stereocenters. The highest BCUT2D eigenvalue weighted by Gasteiger charge is 2.20. The van der Waals surface area contributed by atoms with Gasteiger partial charge in [-0.2, -0.15) is 0 Å². The van der Waals surface area contributed by atoms with Crippen molar-refractivity contribution in [2.45, 2.75) is 19.3 Å². The molecule has 0 unspecified atom stereocenters. The predicted molar refractivity (Wildman–Crippen MR) is 93.2 cm³/mol. The monoisotopic (exact) mass is 334 g/mol. The van der Waals surface area contributed by atoms with E-state index in [0.717, 1.165) is 50.5 Å². The molecule has 7 heteroatoms. The molecule has 1 aliphatic rings. The van der Waals surface area contributed by atoms with Gasteiger partial charge in [0.05, 0.1) is 7.11 Å². The Morgan fingerprint density at radius 3 is 2.38 bits per heavy atom. The Hall–Kier alpha value is -2.44. The number of primary amides is 1. The summed E-state index contributed by atoms with van der Waals surface area (Å²) in [5.41, 5.74) is 6.14. The smallest absolute Gasteiger partial charge is 0.312 e. The number of rotatable bonds is 7. The number of ether oxygens (including phenoxy) is 1. The lowest BCUT2D eigenvalue weighted by molar-refractivity contribution is -0.131. The topological polar surface area (TPSA) is 87.9 Å². The van der Waals surface area contributed by atoms with Crippen molar-refractivity contribution in [1.82, 2.24) is 10.2 Å². The summed E-state index contributed by atoms with van der Waals surface area (Å²) in [6.45, 7) is 3.67. The average molecular weight is 334 g/mol. The minimum atomic E-state index is -0.518. The summed E-state index contributed by atoms with van der Waals surface area (Å²) in [5, 5.41) is 2.53. The van der Waals surface area contributed by atoms with Crippen molar-refractivity contribution in [3.05, 3.63) is 24.3 Å². The van der Waals surface area contributed by atoms with Crippen LogP contribution in [0.1, 0.15) is 19.3 Å². The van der Waals surface area contributed by atoms with Crippen molar-refractivity contribution in [1.29, 1.82) is 0 Å². The molecule has 3 N–H and O–H groups in total. The third-order valence-electron chi connectivity index (χ3n) is 4.19. The van der Waals surface area contributed by atoms with Gasteiger partial charge < -0.3 is 25.6 Å². The maximum absolute atomic E-state index is 12.2. The summed E-state index contributed by atoms with van der Waals surface area (Å²) >= 11 is 0. The number of carbonyl (C=O) groups is 2. The molecule has 1 aromatic rings. The number of hydrogen-bond donors (Lipinski definition) is 2. The quantitative estimate of drug-likeness (QED) is 0.733. The maximum Gasteiger partial charge on any atom is 0.312 e. The van der Waals surface area contributed by atoms with Gasteiger partial charge in [0, 0.05) is 44.8 Å². The van der Waals surface area contributed by atoms with Crippen LogP contribution in [0.3, 0.4) is 0 Å². The molecule has 0 bridgehead atoms. The Morgan fingerprint density at radius 1 is 1.12 bits per heavy atom. The molecule has 1 saturated heterocycles. The van der Waals surface area contributed by atoms with Crippen LogP contribution in [0.15, 0.2) is 24.3 Å². The number of anilines is 1. The van der Waals surface area contributed by atoms with Crippen molar-refractivity contribution < 1.29 is 14.3 Å². The van der Waals surface area contributed by atoms with Gasteiger partial charge in [0.2, 0.25) is 5.91 Å². The van der Waals surface area contributed by atoms with Crippen molar-refractivity contribution >= 4 is 17.6 Å². The summed E-state index contributed by atoms with van der Waals surface area (Å²) in [4.78, 5) is 26.9. The van der Waals surface area contributed by atoms with Gasteiger partial charge in [0.15, 0.2) is 0 Å².